The van der Waals surface area contributed by atoms with Gasteiger partial charge in [0.05, 0.1) is 0 Å². The maximum Gasteiger partial charge on any atom is 0.0198 e. The summed E-state index contributed by atoms with van der Waals surface area (Å²) in [5.74, 6) is 1.90. The SMILES string of the molecule is CCCNC1CC(CC)CN(C2CC(C)C2)C1. The summed E-state index contributed by atoms with van der Waals surface area (Å²) < 4.78 is 0. The molecule has 0 radical (unpaired) electrons. The Morgan fingerprint density at radius 3 is 2.47 bits per heavy atom. The Labute approximate surface area is 107 Å². The lowest BCUT2D eigenvalue weighted by Gasteiger charge is -2.47. The summed E-state index contributed by atoms with van der Waals surface area (Å²) in [5.41, 5.74) is 0. The lowest BCUT2D eigenvalue weighted by molar-refractivity contribution is 0.0331. The largest absolute Gasteiger partial charge is 0.313 e. The summed E-state index contributed by atoms with van der Waals surface area (Å²) in [6, 6.07) is 1.66. The number of nitrogens with zero attached hydrogens (tertiary/aromatic N) is 1. The van der Waals surface area contributed by atoms with Crippen molar-refractivity contribution in [3.63, 3.8) is 0 Å². The summed E-state index contributed by atoms with van der Waals surface area (Å²) in [6.45, 7) is 10.9. The molecule has 0 aromatic rings. The zero-order valence-corrected chi connectivity index (χ0v) is 11.9. The first-order valence-corrected chi connectivity index (χ1v) is 7.70. The van der Waals surface area contributed by atoms with Crippen LogP contribution in [0.3, 0.4) is 0 Å². The molecular weight excluding hydrogens is 208 g/mol. The van der Waals surface area contributed by atoms with E-state index in [1.807, 2.05) is 0 Å². The molecule has 2 atom stereocenters. The molecule has 17 heavy (non-hydrogen) atoms. The molecule has 1 heterocycles. The molecule has 1 aliphatic carbocycles. The summed E-state index contributed by atoms with van der Waals surface area (Å²) >= 11 is 0. The van der Waals surface area contributed by atoms with Gasteiger partial charge < -0.3 is 5.32 Å². The van der Waals surface area contributed by atoms with E-state index in [2.05, 4.69) is 31.0 Å². The van der Waals surface area contributed by atoms with E-state index in [0.717, 1.165) is 23.9 Å². The minimum absolute atomic E-state index is 0.754. The highest BCUT2D eigenvalue weighted by molar-refractivity contribution is 4.91. The van der Waals surface area contributed by atoms with E-state index in [4.69, 9.17) is 0 Å². The van der Waals surface area contributed by atoms with Crippen molar-refractivity contribution in [3.05, 3.63) is 0 Å². The average Bonchev–Trinajstić information content (AvgIpc) is 2.32. The number of rotatable bonds is 5. The molecule has 2 heteroatoms. The third-order valence-corrected chi connectivity index (χ3v) is 4.69. The Morgan fingerprint density at radius 2 is 1.88 bits per heavy atom. The molecule has 100 valence electrons. The van der Waals surface area contributed by atoms with Gasteiger partial charge in [-0.2, -0.15) is 0 Å². The van der Waals surface area contributed by atoms with Crippen LogP contribution >= 0.6 is 0 Å². The Hall–Kier alpha value is -0.0800. The quantitative estimate of drug-likeness (QED) is 0.792. The van der Waals surface area contributed by atoms with E-state index in [1.54, 1.807) is 0 Å². The summed E-state index contributed by atoms with van der Waals surface area (Å²) in [4.78, 5) is 2.78. The molecular formula is C15H30N2. The first kappa shape index (κ1) is 13.4. The van der Waals surface area contributed by atoms with E-state index in [-0.39, 0.29) is 0 Å². The lowest BCUT2D eigenvalue weighted by Crippen LogP contribution is -2.55. The van der Waals surface area contributed by atoms with Crippen molar-refractivity contribution >= 4 is 0 Å². The standard InChI is InChI=1S/C15H30N2/c1-4-6-16-14-9-13(5-2)10-17(11-14)15-7-12(3)8-15/h12-16H,4-11H2,1-3H3. The molecule has 2 nitrogen and oxygen atoms in total. The lowest BCUT2D eigenvalue weighted by atomic mass is 9.79. The molecule has 0 aromatic carbocycles. The molecule has 1 aliphatic heterocycles. The molecule has 2 aliphatic rings. The Bertz CT molecular complexity index is 223. The van der Waals surface area contributed by atoms with Gasteiger partial charge in [-0.1, -0.05) is 27.2 Å². The number of hydrogen-bond acceptors (Lipinski definition) is 2. The number of hydrogen-bond donors (Lipinski definition) is 1. The molecule has 0 bridgehead atoms. The Balaban J connectivity index is 1.84. The number of nitrogens with one attached hydrogen (secondary N) is 1. The smallest absolute Gasteiger partial charge is 0.0198 e. The molecule has 2 fully saturated rings. The first-order valence-electron chi connectivity index (χ1n) is 7.70. The molecule has 1 N–H and O–H groups in total. The summed E-state index contributed by atoms with van der Waals surface area (Å²) in [5, 5.41) is 3.74. The molecule has 0 amide bonds. The summed E-state index contributed by atoms with van der Waals surface area (Å²) in [7, 11) is 0. The predicted octanol–water partition coefficient (Wildman–Crippen LogP) is 2.89. The Morgan fingerprint density at radius 1 is 1.12 bits per heavy atom. The third kappa shape index (κ3) is 3.45. The van der Waals surface area contributed by atoms with Crippen LogP contribution in [0.4, 0.5) is 0 Å². The van der Waals surface area contributed by atoms with Crippen LogP contribution in [0.2, 0.25) is 0 Å². The average molecular weight is 238 g/mol. The van der Waals surface area contributed by atoms with E-state index < -0.39 is 0 Å². The van der Waals surface area contributed by atoms with Crippen LogP contribution in [0.15, 0.2) is 0 Å². The van der Waals surface area contributed by atoms with Gasteiger partial charge in [-0.15, -0.1) is 0 Å². The van der Waals surface area contributed by atoms with Crippen molar-refractivity contribution in [1.82, 2.24) is 10.2 Å². The van der Waals surface area contributed by atoms with Gasteiger partial charge in [0, 0.05) is 25.2 Å². The molecule has 0 aromatic heterocycles. The van der Waals surface area contributed by atoms with Gasteiger partial charge in [0.2, 0.25) is 0 Å². The minimum Gasteiger partial charge on any atom is -0.313 e. The fraction of sp³-hybridized carbons (Fsp3) is 1.00. The van der Waals surface area contributed by atoms with Crippen LogP contribution in [-0.2, 0) is 0 Å². The maximum absolute atomic E-state index is 3.74. The van der Waals surface area contributed by atoms with Gasteiger partial charge in [0.25, 0.3) is 0 Å². The van der Waals surface area contributed by atoms with E-state index in [1.165, 1.54) is 51.7 Å². The highest BCUT2D eigenvalue weighted by atomic mass is 15.2. The molecule has 2 unspecified atom stereocenters. The van der Waals surface area contributed by atoms with Gasteiger partial charge >= 0.3 is 0 Å². The fourth-order valence-corrected chi connectivity index (χ4v) is 3.49. The predicted molar refractivity (Wildman–Crippen MR) is 74.2 cm³/mol. The van der Waals surface area contributed by atoms with Gasteiger partial charge in [0.15, 0.2) is 0 Å². The van der Waals surface area contributed by atoms with Crippen molar-refractivity contribution in [2.45, 2.75) is 65.0 Å². The number of piperidine rings is 1. The monoisotopic (exact) mass is 238 g/mol. The van der Waals surface area contributed by atoms with Gasteiger partial charge in [-0.3, -0.25) is 4.90 Å². The highest BCUT2D eigenvalue weighted by Crippen LogP contribution is 2.34. The first-order chi connectivity index (χ1) is 8.22. The van der Waals surface area contributed by atoms with Crippen LogP contribution in [-0.4, -0.2) is 36.6 Å². The van der Waals surface area contributed by atoms with E-state index in [9.17, 15) is 0 Å². The zero-order valence-electron chi connectivity index (χ0n) is 11.9. The molecule has 1 saturated heterocycles. The Kier molecular flexibility index (Phi) is 4.87. The number of likely N-dealkylation sites (tertiary alicyclic amines) is 1. The molecule has 1 saturated carbocycles. The molecule has 0 spiro atoms. The third-order valence-electron chi connectivity index (χ3n) is 4.69. The normalized spacial score (nSPS) is 39.0. The van der Waals surface area contributed by atoms with Crippen LogP contribution in [0, 0.1) is 11.8 Å². The van der Waals surface area contributed by atoms with Crippen molar-refractivity contribution in [2.24, 2.45) is 11.8 Å². The van der Waals surface area contributed by atoms with Gasteiger partial charge in [0.1, 0.15) is 0 Å². The second-order valence-corrected chi connectivity index (χ2v) is 6.35. The van der Waals surface area contributed by atoms with Crippen LogP contribution in [0.5, 0.6) is 0 Å². The fourth-order valence-electron chi connectivity index (χ4n) is 3.49. The van der Waals surface area contributed by atoms with E-state index >= 15 is 0 Å². The second-order valence-electron chi connectivity index (χ2n) is 6.35. The second kappa shape index (κ2) is 6.19. The zero-order chi connectivity index (χ0) is 12.3. The summed E-state index contributed by atoms with van der Waals surface area (Å²) in [6.07, 6.45) is 6.89. The van der Waals surface area contributed by atoms with Crippen molar-refractivity contribution in [2.75, 3.05) is 19.6 Å². The van der Waals surface area contributed by atoms with Crippen LogP contribution < -0.4 is 5.32 Å². The van der Waals surface area contributed by atoms with Crippen LogP contribution in [0.1, 0.15) is 52.9 Å². The minimum atomic E-state index is 0.754. The maximum atomic E-state index is 3.74. The van der Waals surface area contributed by atoms with Crippen molar-refractivity contribution in [3.8, 4) is 0 Å². The van der Waals surface area contributed by atoms with Crippen LogP contribution in [0.25, 0.3) is 0 Å². The van der Waals surface area contributed by atoms with Crippen molar-refractivity contribution < 1.29 is 0 Å². The molecule has 2 rings (SSSR count). The topological polar surface area (TPSA) is 15.3 Å². The van der Waals surface area contributed by atoms with Gasteiger partial charge in [-0.05, 0) is 44.1 Å². The van der Waals surface area contributed by atoms with Gasteiger partial charge in [-0.25, -0.2) is 0 Å². The van der Waals surface area contributed by atoms with Crippen molar-refractivity contribution in [1.29, 1.82) is 0 Å². The van der Waals surface area contributed by atoms with E-state index in [0.29, 0.717) is 0 Å². The highest BCUT2D eigenvalue weighted by Gasteiger charge is 2.35.